The van der Waals surface area contributed by atoms with Crippen molar-refractivity contribution < 1.29 is 28.6 Å². The Labute approximate surface area is 219 Å². The summed E-state index contributed by atoms with van der Waals surface area (Å²) in [4.78, 5) is 60.5. The van der Waals surface area contributed by atoms with Crippen LogP contribution in [0.4, 0.5) is 5.82 Å². The number of pyridine rings is 1. The number of hydrogen-bond donors (Lipinski definition) is 1. The van der Waals surface area contributed by atoms with E-state index in [9.17, 15) is 19.2 Å². The van der Waals surface area contributed by atoms with Crippen molar-refractivity contribution in [2.24, 2.45) is 11.8 Å². The fourth-order valence-corrected chi connectivity index (χ4v) is 5.31. The summed E-state index contributed by atoms with van der Waals surface area (Å²) >= 11 is 0. The first kappa shape index (κ1) is 26.8. The standard InChI is InChI=1S/C27H30N4O7/c1-30(2)22-19(23(32)31-14-10-9-13-17(31)28-22)21-18(24(33)36-3)20(25(34)37-4)27(29-21,26(35)38-5)15-16-11-7-6-8-12-16/h6-14,18,20-21,29H,15H2,1-5H3/t18-,20+,21-,27+/m0/s1. The van der Waals surface area contributed by atoms with Crippen LogP contribution in [0.15, 0.2) is 59.5 Å². The van der Waals surface area contributed by atoms with E-state index in [-0.39, 0.29) is 17.8 Å². The normalized spacial score (nSPS) is 22.6. The number of hydrogen-bond acceptors (Lipinski definition) is 10. The molecule has 0 saturated carbocycles. The smallest absolute Gasteiger partial charge is 0.327 e. The van der Waals surface area contributed by atoms with Crippen molar-refractivity contribution in [2.45, 2.75) is 18.0 Å². The Hall–Kier alpha value is -4.25. The second kappa shape index (κ2) is 10.6. The summed E-state index contributed by atoms with van der Waals surface area (Å²) in [5.74, 6) is -4.82. The van der Waals surface area contributed by atoms with Gasteiger partial charge < -0.3 is 19.1 Å². The number of anilines is 1. The molecular weight excluding hydrogens is 492 g/mol. The Kier molecular flexibility index (Phi) is 7.49. The monoisotopic (exact) mass is 522 g/mol. The van der Waals surface area contributed by atoms with E-state index < -0.39 is 46.9 Å². The Morgan fingerprint density at radius 1 is 0.974 bits per heavy atom. The number of carbonyl (C=O) groups excluding carboxylic acids is 3. The number of benzene rings is 1. The molecule has 3 aromatic rings. The molecular formula is C27H30N4O7. The van der Waals surface area contributed by atoms with Gasteiger partial charge in [-0.25, -0.2) is 4.98 Å². The molecule has 0 unspecified atom stereocenters. The van der Waals surface area contributed by atoms with Crippen LogP contribution in [-0.2, 0) is 35.0 Å². The average molecular weight is 523 g/mol. The number of aromatic nitrogens is 2. The fraction of sp³-hybridized carbons (Fsp3) is 0.370. The molecule has 0 aliphatic carbocycles. The Bertz CT molecular complexity index is 1420. The van der Waals surface area contributed by atoms with Gasteiger partial charge in [0.15, 0.2) is 0 Å². The van der Waals surface area contributed by atoms with Gasteiger partial charge in [0.05, 0.1) is 38.9 Å². The summed E-state index contributed by atoms with van der Waals surface area (Å²) in [6, 6.07) is 13.0. The maximum Gasteiger partial charge on any atom is 0.327 e. The lowest BCUT2D eigenvalue weighted by Crippen LogP contribution is -2.57. The van der Waals surface area contributed by atoms with E-state index in [0.29, 0.717) is 11.2 Å². The zero-order valence-corrected chi connectivity index (χ0v) is 21.8. The molecule has 1 fully saturated rings. The molecule has 0 spiro atoms. The van der Waals surface area contributed by atoms with Crippen molar-refractivity contribution in [2.75, 3.05) is 40.3 Å². The Morgan fingerprint density at radius 3 is 2.24 bits per heavy atom. The molecule has 200 valence electrons. The average Bonchev–Trinajstić information content (AvgIpc) is 3.27. The summed E-state index contributed by atoms with van der Waals surface area (Å²) in [6.07, 6.45) is 1.54. The molecule has 1 aliphatic heterocycles. The highest BCUT2D eigenvalue weighted by Crippen LogP contribution is 2.47. The topological polar surface area (TPSA) is 129 Å². The number of fused-ring (bicyclic) bond motifs is 1. The minimum absolute atomic E-state index is 0.0239. The van der Waals surface area contributed by atoms with Gasteiger partial charge in [0.2, 0.25) is 0 Å². The summed E-state index contributed by atoms with van der Waals surface area (Å²) in [7, 11) is 6.97. The van der Waals surface area contributed by atoms with Crippen LogP contribution in [0.2, 0.25) is 0 Å². The minimum atomic E-state index is -1.76. The maximum absolute atomic E-state index is 13.9. The third kappa shape index (κ3) is 4.38. The predicted molar refractivity (Wildman–Crippen MR) is 138 cm³/mol. The van der Waals surface area contributed by atoms with Crippen LogP contribution in [0.25, 0.3) is 5.65 Å². The van der Waals surface area contributed by atoms with Crippen LogP contribution in [0, 0.1) is 11.8 Å². The number of ether oxygens (including phenoxy) is 3. The molecule has 1 aliphatic rings. The van der Waals surface area contributed by atoms with Gasteiger partial charge >= 0.3 is 17.9 Å². The molecule has 2 aromatic heterocycles. The van der Waals surface area contributed by atoms with Crippen molar-refractivity contribution in [3.63, 3.8) is 0 Å². The minimum Gasteiger partial charge on any atom is -0.469 e. The molecule has 38 heavy (non-hydrogen) atoms. The van der Waals surface area contributed by atoms with Crippen LogP contribution in [-0.4, -0.2) is 68.3 Å². The van der Waals surface area contributed by atoms with E-state index >= 15 is 0 Å². The van der Waals surface area contributed by atoms with Gasteiger partial charge in [0.1, 0.15) is 22.9 Å². The van der Waals surface area contributed by atoms with Gasteiger partial charge in [-0.15, -0.1) is 0 Å². The van der Waals surface area contributed by atoms with Crippen molar-refractivity contribution in [3.8, 4) is 0 Å². The summed E-state index contributed by atoms with van der Waals surface area (Å²) in [6.45, 7) is 0. The molecule has 4 atom stereocenters. The van der Waals surface area contributed by atoms with Crippen LogP contribution >= 0.6 is 0 Å². The lowest BCUT2D eigenvalue weighted by atomic mass is 9.74. The van der Waals surface area contributed by atoms with E-state index in [0.717, 1.165) is 0 Å². The first-order valence-electron chi connectivity index (χ1n) is 11.9. The lowest BCUT2D eigenvalue weighted by molar-refractivity contribution is -0.164. The number of nitrogens with zero attached hydrogens (tertiary/aromatic N) is 3. The van der Waals surface area contributed by atoms with Crippen LogP contribution in [0.1, 0.15) is 17.2 Å². The number of methoxy groups -OCH3 is 3. The summed E-state index contributed by atoms with van der Waals surface area (Å²) < 4.78 is 16.8. The van der Waals surface area contributed by atoms with E-state index in [4.69, 9.17) is 14.2 Å². The van der Waals surface area contributed by atoms with Crippen molar-refractivity contribution >= 4 is 29.4 Å². The lowest BCUT2D eigenvalue weighted by Gasteiger charge is -2.32. The molecule has 1 N–H and O–H groups in total. The highest BCUT2D eigenvalue weighted by molar-refractivity contribution is 5.94. The molecule has 0 radical (unpaired) electrons. The highest BCUT2D eigenvalue weighted by atomic mass is 16.5. The number of rotatable bonds is 7. The second-order valence-electron chi connectivity index (χ2n) is 9.27. The second-order valence-corrected chi connectivity index (χ2v) is 9.27. The number of nitrogens with one attached hydrogen (secondary N) is 1. The molecule has 0 bridgehead atoms. The van der Waals surface area contributed by atoms with E-state index in [2.05, 4.69) is 10.3 Å². The van der Waals surface area contributed by atoms with Crippen LogP contribution < -0.4 is 15.8 Å². The van der Waals surface area contributed by atoms with Gasteiger partial charge in [0, 0.05) is 26.7 Å². The maximum atomic E-state index is 13.9. The Morgan fingerprint density at radius 2 is 1.63 bits per heavy atom. The molecule has 11 nitrogen and oxygen atoms in total. The highest BCUT2D eigenvalue weighted by Gasteiger charge is 2.65. The zero-order chi connectivity index (χ0) is 27.6. The van der Waals surface area contributed by atoms with Gasteiger partial charge in [-0.2, -0.15) is 0 Å². The molecule has 4 rings (SSSR count). The predicted octanol–water partition coefficient (Wildman–Crippen LogP) is 1.14. The largest absolute Gasteiger partial charge is 0.469 e. The fourth-order valence-electron chi connectivity index (χ4n) is 5.31. The Balaban J connectivity index is 2.05. The summed E-state index contributed by atoms with van der Waals surface area (Å²) in [5, 5.41) is 3.20. The molecule has 1 saturated heterocycles. The molecule has 11 heteroatoms. The third-order valence-electron chi connectivity index (χ3n) is 6.95. The molecule has 0 amide bonds. The number of carbonyl (C=O) groups is 3. The molecule has 1 aromatic carbocycles. The van der Waals surface area contributed by atoms with E-state index in [1.165, 1.54) is 25.7 Å². The van der Waals surface area contributed by atoms with Crippen LogP contribution in [0.3, 0.4) is 0 Å². The third-order valence-corrected chi connectivity index (χ3v) is 6.95. The van der Waals surface area contributed by atoms with E-state index in [1.54, 1.807) is 67.7 Å². The number of esters is 3. The first-order chi connectivity index (χ1) is 18.2. The summed E-state index contributed by atoms with van der Waals surface area (Å²) in [5.41, 5.74) is -1.04. The van der Waals surface area contributed by atoms with Gasteiger partial charge in [-0.3, -0.25) is 28.9 Å². The van der Waals surface area contributed by atoms with E-state index in [1.807, 2.05) is 6.07 Å². The van der Waals surface area contributed by atoms with Gasteiger partial charge in [-0.05, 0) is 17.7 Å². The van der Waals surface area contributed by atoms with Crippen molar-refractivity contribution in [3.05, 3.63) is 76.2 Å². The first-order valence-corrected chi connectivity index (χ1v) is 11.9. The molecule has 3 heterocycles. The van der Waals surface area contributed by atoms with Crippen molar-refractivity contribution in [1.29, 1.82) is 0 Å². The SMILES string of the molecule is COC(=O)[C@@H]1[C@@H](c2c(N(C)C)nc3ccccn3c2=O)N[C@@](Cc2ccccc2)(C(=O)OC)[C@H]1C(=O)OC. The van der Waals surface area contributed by atoms with Gasteiger partial charge in [-0.1, -0.05) is 36.4 Å². The van der Waals surface area contributed by atoms with Crippen molar-refractivity contribution in [1.82, 2.24) is 14.7 Å². The van der Waals surface area contributed by atoms with Crippen LogP contribution in [0.5, 0.6) is 0 Å². The van der Waals surface area contributed by atoms with Gasteiger partial charge in [0.25, 0.3) is 5.56 Å². The zero-order valence-electron chi connectivity index (χ0n) is 21.8. The quantitative estimate of drug-likeness (QED) is 0.356.